The number of nitrogens with one attached hydrogen (secondary N) is 6. The predicted molar refractivity (Wildman–Crippen MR) is 166 cm³/mol. The van der Waals surface area contributed by atoms with Gasteiger partial charge in [0.15, 0.2) is 0 Å². The smallest absolute Gasteiger partial charge is 0.247 e. The summed E-state index contributed by atoms with van der Waals surface area (Å²) in [5.74, 6) is -3.30. The van der Waals surface area contributed by atoms with Gasteiger partial charge in [0.05, 0.1) is 6.33 Å². The maximum absolute atomic E-state index is 13.6. The summed E-state index contributed by atoms with van der Waals surface area (Å²) in [7, 11) is 0. The van der Waals surface area contributed by atoms with Crippen LogP contribution >= 0.6 is 12.6 Å². The average Bonchev–Trinajstić information content (AvgIpc) is 3.68. The highest BCUT2D eigenvalue weighted by Crippen LogP contribution is 2.19. The van der Waals surface area contributed by atoms with E-state index in [1.807, 2.05) is 24.3 Å². The molecule has 0 spiro atoms. The van der Waals surface area contributed by atoms with Crippen molar-refractivity contribution < 1.29 is 24.0 Å². The van der Waals surface area contributed by atoms with Crippen LogP contribution in [0.3, 0.4) is 0 Å². The fraction of sp³-hybridized carbons (Fsp3) is 0.267. The molecule has 5 amide bonds. The maximum atomic E-state index is 13.6. The highest BCUT2D eigenvalue weighted by atomic mass is 32.1. The fourth-order valence-corrected chi connectivity index (χ4v) is 4.98. The topological polar surface area (TPSA) is 204 Å². The van der Waals surface area contributed by atoms with E-state index in [4.69, 9.17) is 5.73 Å². The van der Waals surface area contributed by atoms with E-state index < -0.39 is 53.7 Å². The number of aromatic nitrogens is 3. The molecule has 0 aliphatic carbocycles. The van der Waals surface area contributed by atoms with E-state index in [1.54, 1.807) is 36.5 Å². The van der Waals surface area contributed by atoms with Gasteiger partial charge in [-0.3, -0.25) is 24.0 Å². The zero-order valence-corrected chi connectivity index (χ0v) is 24.8. The van der Waals surface area contributed by atoms with E-state index in [0.717, 1.165) is 16.5 Å². The molecule has 4 rings (SSSR count). The lowest BCUT2D eigenvalue weighted by atomic mass is 10.0. The number of benzene rings is 2. The summed E-state index contributed by atoms with van der Waals surface area (Å²) in [5, 5.41) is 11.4. The minimum Gasteiger partial charge on any atom is -0.368 e. The van der Waals surface area contributed by atoms with Gasteiger partial charge in [0.1, 0.15) is 24.2 Å². The Kier molecular flexibility index (Phi) is 10.8. The number of thiol groups is 1. The van der Waals surface area contributed by atoms with Gasteiger partial charge in [-0.15, -0.1) is 0 Å². The van der Waals surface area contributed by atoms with Crippen LogP contribution in [0.25, 0.3) is 10.9 Å². The maximum Gasteiger partial charge on any atom is 0.247 e. The number of amides is 5. The summed E-state index contributed by atoms with van der Waals surface area (Å²) < 4.78 is 0. The molecule has 2 aromatic carbocycles. The Morgan fingerprint density at radius 2 is 1.50 bits per heavy atom. The zero-order valence-electron chi connectivity index (χ0n) is 23.9. The molecule has 0 radical (unpaired) electrons. The molecule has 230 valence electrons. The van der Waals surface area contributed by atoms with E-state index >= 15 is 0 Å². The lowest BCUT2D eigenvalue weighted by Crippen LogP contribution is -2.56. The number of primary amides is 1. The quantitative estimate of drug-likeness (QED) is 0.0940. The molecule has 4 atom stereocenters. The van der Waals surface area contributed by atoms with Gasteiger partial charge in [0.25, 0.3) is 0 Å². The third-order valence-electron chi connectivity index (χ3n) is 6.93. The second-order valence-electron chi connectivity index (χ2n) is 10.2. The van der Waals surface area contributed by atoms with Gasteiger partial charge in [-0.25, -0.2) is 4.98 Å². The molecule has 0 bridgehead atoms. The molecular formula is C30H34N8O5S. The number of nitrogens with two attached hydrogens (primary N) is 1. The van der Waals surface area contributed by atoms with Crippen molar-refractivity contribution in [2.24, 2.45) is 5.73 Å². The number of fused-ring (bicyclic) bond motifs is 1. The largest absolute Gasteiger partial charge is 0.368 e. The van der Waals surface area contributed by atoms with Crippen LogP contribution < -0.4 is 27.0 Å². The Hall–Kier alpha value is -5.11. The van der Waals surface area contributed by atoms with Crippen LogP contribution in [0, 0.1) is 0 Å². The molecule has 0 unspecified atom stereocenters. The first-order chi connectivity index (χ1) is 21.2. The number of aromatic amines is 2. The normalized spacial score (nSPS) is 13.7. The van der Waals surface area contributed by atoms with E-state index in [-0.39, 0.29) is 18.6 Å². The van der Waals surface area contributed by atoms with Crippen molar-refractivity contribution in [3.05, 3.63) is 90.1 Å². The van der Waals surface area contributed by atoms with Crippen molar-refractivity contribution in [3.8, 4) is 0 Å². The summed E-state index contributed by atoms with van der Waals surface area (Å²) in [4.78, 5) is 74.3. The van der Waals surface area contributed by atoms with Crippen LogP contribution in [0.15, 0.2) is 73.3 Å². The number of para-hydroxylation sites is 1. The summed E-state index contributed by atoms with van der Waals surface area (Å²) in [6.45, 7) is 1.28. The van der Waals surface area contributed by atoms with Crippen molar-refractivity contribution in [3.63, 3.8) is 0 Å². The van der Waals surface area contributed by atoms with Crippen molar-refractivity contribution >= 4 is 53.1 Å². The van der Waals surface area contributed by atoms with Gasteiger partial charge in [0.2, 0.25) is 29.5 Å². The Morgan fingerprint density at radius 1 is 0.818 bits per heavy atom. The molecule has 0 saturated heterocycles. The van der Waals surface area contributed by atoms with E-state index in [9.17, 15) is 24.0 Å². The fourth-order valence-electron chi connectivity index (χ4n) is 4.72. The summed E-state index contributed by atoms with van der Waals surface area (Å²) >= 11 is 4.25. The first-order valence-electron chi connectivity index (χ1n) is 13.8. The molecule has 4 aromatic rings. The molecular weight excluding hydrogens is 584 g/mol. The number of hydrogen-bond donors (Lipinski definition) is 8. The summed E-state index contributed by atoms with van der Waals surface area (Å²) in [6.07, 6.45) is 4.95. The van der Waals surface area contributed by atoms with E-state index in [0.29, 0.717) is 11.3 Å². The van der Waals surface area contributed by atoms with E-state index in [1.165, 1.54) is 19.4 Å². The molecule has 2 heterocycles. The van der Waals surface area contributed by atoms with Crippen LogP contribution in [0.5, 0.6) is 0 Å². The first-order valence-corrected chi connectivity index (χ1v) is 14.4. The van der Waals surface area contributed by atoms with Crippen LogP contribution in [-0.4, -0.2) is 68.4 Å². The van der Waals surface area contributed by atoms with Crippen LogP contribution in [0.1, 0.15) is 29.8 Å². The van der Waals surface area contributed by atoms with Crippen molar-refractivity contribution in [1.29, 1.82) is 0 Å². The first kappa shape index (κ1) is 31.8. The number of hydrogen-bond acceptors (Lipinski definition) is 7. The lowest BCUT2D eigenvalue weighted by molar-refractivity contribution is -0.134. The van der Waals surface area contributed by atoms with E-state index in [2.05, 4.69) is 48.8 Å². The minimum absolute atomic E-state index is 0.0984. The van der Waals surface area contributed by atoms with Gasteiger partial charge in [-0.1, -0.05) is 48.5 Å². The molecule has 0 fully saturated rings. The lowest BCUT2D eigenvalue weighted by Gasteiger charge is -2.25. The van der Waals surface area contributed by atoms with Gasteiger partial charge in [0, 0.05) is 54.5 Å². The van der Waals surface area contributed by atoms with Crippen LogP contribution in [0.2, 0.25) is 0 Å². The number of carbonyl (C=O) groups excluding carboxylic acids is 5. The SMILES string of the molecule is CC(=O)N[C@@H](Cc1cnc[nH]1)C(=O)N[C@H](C(=O)N[C@@H](CS)C(=O)N[C@@H](Cc1c[nH]c2ccccc12)C(N)=O)c1ccccc1. The van der Waals surface area contributed by atoms with Gasteiger partial charge in [-0.05, 0) is 17.2 Å². The number of rotatable bonds is 14. The molecule has 8 N–H and O–H groups in total. The molecule has 0 aliphatic heterocycles. The van der Waals surface area contributed by atoms with Crippen molar-refractivity contribution in [2.75, 3.05) is 5.75 Å². The van der Waals surface area contributed by atoms with Crippen molar-refractivity contribution in [2.45, 2.75) is 43.9 Å². The van der Waals surface area contributed by atoms with Crippen LogP contribution in [-0.2, 0) is 36.8 Å². The standard InChI is InChI=1S/C30H34N8O5S/c1-17(39)35-24(12-20-14-32-16-34-20)28(41)38-26(18-7-3-2-4-8-18)30(43)37-25(15-44)29(42)36-23(27(31)40)11-19-13-33-22-10-6-5-9-21(19)22/h2-10,13-14,16,23-26,33,44H,11-12,15H2,1H3,(H2,31,40)(H,32,34)(H,35,39)(H,36,42)(H,37,43)(H,38,41)/t23-,24-,25-,26-/m0/s1. The van der Waals surface area contributed by atoms with Gasteiger partial charge in [-0.2, -0.15) is 12.6 Å². The number of imidazole rings is 1. The summed E-state index contributed by atoms with van der Waals surface area (Å²) in [6, 6.07) is 11.5. The monoisotopic (exact) mass is 618 g/mol. The Bertz CT molecular complexity index is 1610. The second-order valence-corrected chi connectivity index (χ2v) is 10.5. The highest BCUT2D eigenvalue weighted by Gasteiger charge is 2.31. The molecule has 0 aliphatic rings. The number of nitrogens with zero attached hydrogens (tertiary/aromatic N) is 1. The number of carbonyl (C=O) groups is 5. The molecule has 2 aromatic heterocycles. The number of H-pyrrole nitrogens is 2. The Balaban J connectivity index is 1.48. The third kappa shape index (κ3) is 8.25. The Labute approximate surface area is 258 Å². The zero-order chi connectivity index (χ0) is 31.6. The minimum atomic E-state index is -1.23. The Morgan fingerprint density at radius 3 is 2.16 bits per heavy atom. The van der Waals surface area contributed by atoms with Crippen molar-refractivity contribution in [1.82, 2.24) is 36.2 Å². The average molecular weight is 619 g/mol. The molecule has 14 heteroatoms. The highest BCUT2D eigenvalue weighted by molar-refractivity contribution is 7.80. The second kappa shape index (κ2) is 14.9. The van der Waals surface area contributed by atoms with Gasteiger partial charge >= 0.3 is 0 Å². The van der Waals surface area contributed by atoms with Crippen LogP contribution in [0.4, 0.5) is 0 Å². The summed E-state index contributed by atoms with van der Waals surface area (Å²) in [5.41, 5.74) is 8.32. The van der Waals surface area contributed by atoms with Gasteiger partial charge < -0.3 is 37.0 Å². The molecule has 0 saturated carbocycles. The molecule has 13 nitrogen and oxygen atoms in total. The molecule has 44 heavy (non-hydrogen) atoms. The third-order valence-corrected chi connectivity index (χ3v) is 7.29. The predicted octanol–water partition coefficient (Wildman–Crippen LogP) is 0.423.